The summed E-state index contributed by atoms with van der Waals surface area (Å²) in [5.41, 5.74) is 2.52. The van der Waals surface area contributed by atoms with E-state index in [1.807, 2.05) is 49.4 Å². The number of carbonyl (C=O) groups is 1. The second kappa shape index (κ2) is 8.24. The van der Waals surface area contributed by atoms with Gasteiger partial charge in [-0.25, -0.2) is 14.3 Å². The Labute approximate surface area is 172 Å². The highest BCUT2D eigenvalue weighted by Crippen LogP contribution is 2.24. The molecule has 30 heavy (non-hydrogen) atoms. The number of para-hydroxylation sites is 1. The van der Waals surface area contributed by atoms with Gasteiger partial charge in [0.2, 0.25) is 5.69 Å². The van der Waals surface area contributed by atoms with Crippen molar-refractivity contribution < 1.29 is 18.7 Å². The van der Waals surface area contributed by atoms with Crippen LogP contribution in [-0.2, 0) is 11.3 Å². The van der Waals surface area contributed by atoms with E-state index < -0.39 is 11.6 Å². The van der Waals surface area contributed by atoms with Gasteiger partial charge in [-0.15, -0.1) is 0 Å². The Morgan fingerprint density at radius 2 is 1.93 bits per heavy atom. The Morgan fingerprint density at radius 1 is 1.13 bits per heavy atom. The quantitative estimate of drug-likeness (QED) is 0.356. The number of nitrogens with zero attached hydrogens (tertiary/aromatic N) is 2. The van der Waals surface area contributed by atoms with E-state index in [0.29, 0.717) is 11.1 Å². The number of aryl methyl sites for hydroxylation is 1. The van der Waals surface area contributed by atoms with Crippen LogP contribution >= 0.6 is 0 Å². The first kappa shape index (κ1) is 19.4. The molecule has 0 saturated heterocycles. The lowest BCUT2D eigenvalue weighted by atomic mass is 10.1. The fraction of sp³-hybridized carbons (Fsp3) is 0.174. The molecule has 0 aliphatic heterocycles. The predicted molar refractivity (Wildman–Crippen MR) is 111 cm³/mol. The summed E-state index contributed by atoms with van der Waals surface area (Å²) in [6, 6.07) is 16.4. The van der Waals surface area contributed by atoms with E-state index >= 15 is 0 Å². The third-order valence-electron chi connectivity index (χ3n) is 4.54. The van der Waals surface area contributed by atoms with Gasteiger partial charge < -0.3 is 13.9 Å². The number of rotatable bonds is 6. The zero-order valence-electron chi connectivity index (χ0n) is 16.6. The van der Waals surface area contributed by atoms with E-state index in [1.54, 1.807) is 23.9 Å². The van der Waals surface area contributed by atoms with Gasteiger partial charge in [0.25, 0.3) is 0 Å². The fourth-order valence-electron chi connectivity index (χ4n) is 3.13. The van der Waals surface area contributed by atoms with Crippen molar-refractivity contribution in [3.8, 4) is 11.4 Å². The molecule has 4 rings (SSSR count). The van der Waals surface area contributed by atoms with Gasteiger partial charge in [-0.05, 0) is 37.6 Å². The van der Waals surface area contributed by atoms with Crippen LogP contribution in [0.25, 0.3) is 16.7 Å². The predicted octanol–water partition coefficient (Wildman–Crippen LogP) is 4.04. The van der Waals surface area contributed by atoms with Crippen LogP contribution in [0.1, 0.15) is 28.5 Å². The van der Waals surface area contributed by atoms with E-state index in [0.717, 1.165) is 16.6 Å². The second-order valence-electron chi connectivity index (χ2n) is 6.72. The van der Waals surface area contributed by atoms with Gasteiger partial charge in [-0.2, -0.15) is 5.10 Å². The summed E-state index contributed by atoms with van der Waals surface area (Å²) in [6.07, 6.45) is 1.62. The topological polar surface area (TPSA) is 83.6 Å². The van der Waals surface area contributed by atoms with Crippen molar-refractivity contribution in [1.82, 2.24) is 9.78 Å². The standard InChI is InChI=1S/C23H20N2O5/c1-3-28-23(27)22-20(13-25(24-22)17-7-5-4-6-8-17)29-14-16-12-21(26)30-19-11-15(2)9-10-18(16)19/h4-13H,3,14H2,1-2H3. The highest BCUT2D eigenvalue weighted by Gasteiger charge is 2.21. The Kier molecular flexibility index (Phi) is 5.34. The highest BCUT2D eigenvalue weighted by atomic mass is 16.5. The minimum absolute atomic E-state index is 0.0675. The number of hydrogen-bond donors (Lipinski definition) is 0. The van der Waals surface area contributed by atoms with E-state index in [4.69, 9.17) is 13.9 Å². The first-order valence-electron chi connectivity index (χ1n) is 9.53. The second-order valence-corrected chi connectivity index (χ2v) is 6.72. The smallest absolute Gasteiger partial charge is 0.362 e. The Balaban J connectivity index is 1.69. The van der Waals surface area contributed by atoms with Gasteiger partial charge in [0, 0.05) is 17.0 Å². The Morgan fingerprint density at radius 3 is 2.70 bits per heavy atom. The molecule has 0 unspecified atom stereocenters. The molecule has 2 aromatic carbocycles. The molecule has 0 aliphatic carbocycles. The molecule has 0 fully saturated rings. The van der Waals surface area contributed by atoms with Crippen LogP contribution in [0.15, 0.2) is 70.0 Å². The van der Waals surface area contributed by atoms with Crippen LogP contribution in [0, 0.1) is 6.92 Å². The maximum Gasteiger partial charge on any atom is 0.362 e. The minimum Gasteiger partial charge on any atom is -0.485 e. The number of benzene rings is 2. The summed E-state index contributed by atoms with van der Waals surface area (Å²) in [7, 11) is 0. The van der Waals surface area contributed by atoms with Crippen LogP contribution in [-0.4, -0.2) is 22.4 Å². The lowest BCUT2D eigenvalue weighted by molar-refractivity contribution is 0.0514. The maximum absolute atomic E-state index is 12.4. The van der Waals surface area contributed by atoms with Crippen molar-refractivity contribution in [3.63, 3.8) is 0 Å². The largest absolute Gasteiger partial charge is 0.485 e. The monoisotopic (exact) mass is 404 g/mol. The summed E-state index contributed by atoms with van der Waals surface area (Å²) >= 11 is 0. The molecule has 0 aliphatic rings. The Hall–Kier alpha value is -3.87. The van der Waals surface area contributed by atoms with E-state index in [1.165, 1.54) is 6.07 Å². The summed E-state index contributed by atoms with van der Waals surface area (Å²) in [5.74, 6) is -0.305. The molecule has 4 aromatic rings. The number of ether oxygens (including phenoxy) is 2. The van der Waals surface area contributed by atoms with Gasteiger partial charge >= 0.3 is 11.6 Å². The van der Waals surface area contributed by atoms with Crippen LogP contribution in [0.3, 0.4) is 0 Å². The summed E-state index contributed by atoms with van der Waals surface area (Å²) in [4.78, 5) is 24.3. The maximum atomic E-state index is 12.4. The van der Waals surface area contributed by atoms with Crippen LogP contribution < -0.4 is 10.4 Å². The molecule has 2 heterocycles. The first-order valence-corrected chi connectivity index (χ1v) is 9.53. The molecule has 0 saturated carbocycles. The van der Waals surface area contributed by atoms with E-state index in [-0.39, 0.29) is 24.7 Å². The minimum atomic E-state index is -0.574. The van der Waals surface area contributed by atoms with Crippen molar-refractivity contribution in [1.29, 1.82) is 0 Å². The van der Waals surface area contributed by atoms with Crippen LogP contribution in [0.2, 0.25) is 0 Å². The lowest BCUT2D eigenvalue weighted by Gasteiger charge is -2.08. The number of carbonyl (C=O) groups excluding carboxylic acids is 1. The zero-order valence-corrected chi connectivity index (χ0v) is 16.6. The average Bonchev–Trinajstić information content (AvgIpc) is 3.17. The summed E-state index contributed by atoms with van der Waals surface area (Å²) < 4.78 is 17.9. The average molecular weight is 404 g/mol. The summed E-state index contributed by atoms with van der Waals surface area (Å²) in [6.45, 7) is 3.94. The normalized spacial score (nSPS) is 10.9. The van der Waals surface area contributed by atoms with Gasteiger partial charge in [0.15, 0.2) is 5.75 Å². The number of esters is 1. The molecule has 2 aromatic heterocycles. The van der Waals surface area contributed by atoms with Crippen molar-refractivity contribution in [3.05, 3.63) is 88.0 Å². The molecule has 0 radical (unpaired) electrons. The van der Waals surface area contributed by atoms with E-state index in [9.17, 15) is 9.59 Å². The van der Waals surface area contributed by atoms with Gasteiger partial charge in [0.1, 0.15) is 12.2 Å². The highest BCUT2D eigenvalue weighted by molar-refractivity contribution is 5.90. The van der Waals surface area contributed by atoms with Crippen molar-refractivity contribution in [2.45, 2.75) is 20.5 Å². The lowest BCUT2D eigenvalue weighted by Crippen LogP contribution is -2.09. The molecule has 0 N–H and O–H groups in total. The number of hydrogen-bond acceptors (Lipinski definition) is 6. The third kappa shape index (κ3) is 3.96. The van der Waals surface area contributed by atoms with E-state index in [2.05, 4.69) is 5.10 Å². The third-order valence-corrected chi connectivity index (χ3v) is 4.54. The molecule has 7 heteroatoms. The summed E-state index contributed by atoms with van der Waals surface area (Å²) in [5, 5.41) is 5.11. The molecule has 7 nitrogen and oxygen atoms in total. The molecule has 0 spiro atoms. The molecule has 152 valence electrons. The number of fused-ring (bicyclic) bond motifs is 1. The van der Waals surface area contributed by atoms with Crippen molar-refractivity contribution in [2.75, 3.05) is 6.61 Å². The molecule has 0 atom stereocenters. The van der Waals surface area contributed by atoms with Gasteiger partial charge in [-0.1, -0.05) is 30.3 Å². The van der Waals surface area contributed by atoms with Crippen molar-refractivity contribution in [2.24, 2.45) is 0 Å². The first-order chi connectivity index (χ1) is 14.5. The SMILES string of the molecule is CCOC(=O)c1nn(-c2ccccc2)cc1OCc1cc(=O)oc2cc(C)ccc12. The Bertz CT molecular complexity index is 1260. The van der Waals surface area contributed by atoms with Crippen LogP contribution in [0.4, 0.5) is 0 Å². The molecule has 0 bridgehead atoms. The number of aromatic nitrogens is 2. The fourth-order valence-corrected chi connectivity index (χ4v) is 3.13. The zero-order chi connectivity index (χ0) is 21.1. The van der Waals surface area contributed by atoms with Gasteiger partial charge in [0.05, 0.1) is 18.5 Å². The van der Waals surface area contributed by atoms with Crippen molar-refractivity contribution >= 4 is 16.9 Å². The molecular weight excluding hydrogens is 384 g/mol. The van der Waals surface area contributed by atoms with Gasteiger partial charge in [-0.3, -0.25) is 0 Å². The molecular formula is C23H20N2O5. The molecule has 0 amide bonds. The van der Waals surface area contributed by atoms with Crippen LogP contribution in [0.5, 0.6) is 5.75 Å².